The molecular weight excluding hydrogens is 246 g/mol. The van der Waals surface area contributed by atoms with E-state index in [1.807, 2.05) is 12.1 Å². The summed E-state index contributed by atoms with van der Waals surface area (Å²) in [5, 5.41) is 10.6. The van der Waals surface area contributed by atoms with Gasteiger partial charge in [-0.3, -0.25) is 0 Å². The summed E-state index contributed by atoms with van der Waals surface area (Å²) in [5.74, 6) is 0.555. The topological polar surface area (TPSA) is 46.2 Å². The zero-order valence-electron chi connectivity index (χ0n) is 11.2. The van der Waals surface area contributed by atoms with E-state index in [1.54, 1.807) is 0 Å². The fourth-order valence-electron chi connectivity index (χ4n) is 2.78. The first-order chi connectivity index (χ1) is 8.44. The Morgan fingerprint density at radius 1 is 1.22 bits per heavy atom. The highest BCUT2D eigenvalue weighted by Gasteiger charge is 2.33. The first-order valence-corrected chi connectivity index (χ1v) is 7.13. The van der Waals surface area contributed by atoms with E-state index >= 15 is 0 Å². The highest BCUT2D eigenvalue weighted by molar-refractivity contribution is 6.32. The lowest BCUT2D eigenvalue weighted by molar-refractivity contribution is 0.292. The lowest BCUT2D eigenvalue weighted by Crippen LogP contribution is -2.38. The van der Waals surface area contributed by atoms with Crippen molar-refractivity contribution in [2.45, 2.75) is 57.4 Å². The molecule has 2 nitrogen and oxygen atoms in total. The monoisotopic (exact) mass is 267 g/mol. The number of rotatable bonds is 2. The van der Waals surface area contributed by atoms with Gasteiger partial charge in [-0.15, -0.1) is 0 Å². The van der Waals surface area contributed by atoms with Crippen LogP contribution in [0.25, 0.3) is 0 Å². The number of halogens is 1. The standard InChI is InChI=1S/C15H22ClNO/c1-10(2)11-8-12(14(18)13(16)9-11)15(17)6-4-3-5-7-15/h8-10,18H,3-7,17H2,1-2H3. The summed E-state index contributed by atoms with van der Waals surface area (Å²) >= 11 is 6.14. The van der Waals surface area contributed by atoms with Gasteiger partial charge in [0.1, 0.15) is 5.75 Å². The van der Waals surface area contributed by atoms with Gasteiger partial charge in [0, 0.05) is 11.1 Å². The first kappa shape index (κ1) is 13.7. The lowest BCUT2D eigenvalue weighted by Gasteiger charge is -2.35. The molecule has 0 aliphatic heterocycles. The zero-order chi connectivity index (χ0) is 13.3. The molecule has 0 saturated heterocycles. The molecule has 0 heterocycles. The van der Waals surface area contributed by atoms with Crippen LogP contribution in [0.2, 0.25) is 5.02 Å². The van der Waals surface area contributed by atoms with Gasteiger partial charge >= 0.3 is 0 Å². The largest absolute Gasteiger partial charge is 0.506 e. The highest BCUT2D eigenvalue weighted by atomic mass is 35.5. The molecule has 0 radical (unpaired) electrons. The van der Waals surface area contributed by atoms with E-state index in [0.717, 1.165) is 36.8 Å². The maximum atomic E-state index is 10.2. The molecule has 0 spiro atoms. The predicted molar refractivity (Wildman–Crippen MR) is 76.2 cm³/mol. The molecule has 2 rings (SSSR count). The van der Waals surface area contributed by atoms with Crippen LogP contribution in [0.15, 0.2) is 12.1 Å². The third kappa shape index (κ3) is 2.50. The van der Waals surface area contributed by atoms with Crippen molar-refractivity contribution >= 4 is 11.6 Å². The third-order valence-electron chi connectivity index (χ3n) is 4.03. The molecule has 0 unspecified atom stereocenters. The molecule has 1 aliphatic carbocycles. The molecule has 3 N–H and O–H groups in total. The quantitative estimate of drug-likeness (QED) is 0.840. The van der Waals surface area contributed by atoms with Crippen molar-refractivity contribution < 1.29 is 5.11 Å². The van der Waals surface area contributed by atoms with Crippen LogP contribution in [-0.2, 0) is 5.54 Å². The maximum absolute atomic E-state index is 10.2. The van der Waals surface area contributed by atoms with Crippen LogP contribution in [0.3, 0.4) is 0 Å². The number of hydrogen-bond donors (Lipinski definition) is 2. The number of hydrogen-bond acceptors (Lipinski definition) is 2. The van der Waals surface area contributed by atoms with Gasteiger partial charge in [-0.25, -0.2) is 0 Å². The Hall–Kier alpha value is -0.730. The van der Waals surface area contributed by atoms with Crippen molar-refractivity contribution in [2.24, 2.45) is 5.73 Å². The minimum atomic E-state index is -0.406. The molecule has 1 aliphatic rings. The fourth-order valence-corrected chi connectivity index (χ4v) is 3.01. The second kappa shape index (κ2) is 5.10. The van der Waals surface area contributed by atoms with Gasteiger partial charge in [0.25, 0.3) is 0 Å². The number of nitrogens with two attached hydrogens (primary N) is 1. The van der Waals surface area contributed by atoms with Crippen LogP contribution in [0.1, 0.15) is 63.0 Å². The van der Waals surface area contributed by atoms with E-state index in [4.69, 9.17) is 17.3 Å². The van der Waals surface area contributed by atoms with Crippen LogP contribution in [0.5, 0.6) is 5.75 Å². The first-order valence-electron chi connectivity index (χ1n) is 6.76. The van der Waals surface area contributed by atoms with Crippen LogP contribution in [-0.4, -0.2) is 5.11 Å². The zero-order valence-corrected chi connectivity index (χ0v) is 11.9. The Morgan fingerprint density at radius 3 is 2.39 bits per heavy atom. The van der Waals surface area contributed by atoms with Gasteiger partial charge in [0.15, 0.2) is 0 Å². The van der Waals surface area contributed by atoms with Crippen molar-refractivity contribution in [3.63, 3.8) is 0 Å². The smallest absolute Gasteiger partial charge is 0.139 e. The van der Waals surface area contributed by atoms with E-state index < -0.39 is 5.54 Å². The SMILES string of the molecule is CC(C)c1cc(Cl)c(O)c(C2(N)CCCCC2)c1. The van der Waals surface area contributed by atoms with E-state index in [1.165, 1.54) is 6.42 Å². The van der Waals surface area contributed by atoms with Crippen molar-refractivity contribution in [3.05, 3.63) is 28.3 Å². The van der Waals surface area contributed by atoms with Gasteiger partial charge in [0.2, 0.25) is 0 Å². The summed E-state index contributed by atoms with van der Waals surface area (Å²) in [6.07, 6.45) is 5.34. The van der Waals surface area contributed by atoms with E-state index in [0.29, 0.717) is 10.9 Å². The predicted octanol–water partition coefficient (Wildman–Crippen LogP) is 4.29. The summed E-state index contributed by atoms with van der Waals surface area (Å²) in [6, 6.07) is 3.88. The molecule has 0 aromatic heterocycles. The van der Waals surface area contributed by atoms with Crippen LogP contribution >= 0.6 is 11.6 Å². The molecule has 1 aromatic carbocycles. The molecule has 0 atom stereocenters. The van der Waals surface area contributed by atoms with Crippen molar-refractivity contribution in [3.8, 4) is 5.75 Å². The minimum Gasteiger partial charge on any atom is -0.506 e. The molecule has 1 saturated carbocycles. The summed E-state index contributed by atoms with van der Waals surface area (Å²) in [7, 11) is 0. The molecule has 18 heavy (non-hydrogen) atoms. The number of benzene rings is 1. The second-order valence-electron chi connectivity index (χ2n) is 5.77. The average molecular weight is 268 g/mol. The lowest BCUT2D eigenvalue weighted by atomic mass is 9.76. The summed E-state index contributed by atoms with van der Waals surface area (Å²) in [5.41, 5.74) is 8.07. The molecule has 0 bridgehead atoms. The maximum Gasteiger partial charge on any atom is 0.139 e. The minimum absolute atomic E-state index is 0.172. The molecular formula is C15H22ClNO. The van der Waals surface area contributed by atoms with Crippen LogP contribution in [0, 0.1) is 0 Å². The highest BCUT2D eigenvalue weighted by Crippen LogP contribution is 2.43. The van der Waals surface area contributed by atoms with Gasteiger partial charge in [-0.05, 0) is 36.5 Å². The summed E-state index contributed by atoms with van der Waals surface area (Å²) in [4.78, 5) is 0. The van der Waals surface area contributed by atoms with Gasteiger partial charge in [0.05, 0.1) is 5.02 Å². The Kier molecular flexibility index (Phi) is 3.88. The second-order valence-corrected chi connectivity index (χ2v) is 6.18. The van der Waals surface area contributed by atoms with Crippen molar-refractivity contribution in [1.29, 1.82) is 0 Å². The summed E-state index contributed by atoms with van der Waals surface area (Å²) < 4.78 is 0. The molecule has 3 heteroatoms. The van der Waals surface area contributed by atoms with Crippen LogP contribution in [0.4, 0.5) is 0 Å². The number of aromatic hydroxyl groups is 1. The fraction of sp³-hybridized carbons (Fsp3) is 0.600. The van der Waals surface area contributed by atoms with Gasteiger partial charge in [-0.2, -0.15) is 0 Å². The van der Waals surface area contributed by atoms with Crippen molar-refractivity contribution in [2.75, 3.05) is 0 Å². The molecule has 1 fully saturated rings. The van der Waals surface area contributed by atoms with E-state index in [2.05, 4.69) is 13.8 Å². The van der Waals surface area contributed by atoms with E-state index in [-0.39, 0.29) is 5.75 Å². The van der Waals surface area contributed by atoms with Gasteiger partial charge in [-0.1, -0.05) is 44.7 Å². The molecule has 1 aromatic rings. The Bertz CT molecular complexity index is 436. The average Bonchev–Trinajstić information content (AvgIpc) is 2.33. The molecule has 100 valence electrons. The third-order valence-corrected chi connectivity index (χ3v) is 4.32. The Balaban J connectivity index is 2.48. The van der Waals surface area contributed by atoms with Gasteiger partial charge < -0.3 is 10.8 Å². The summed E-state index contributed by atoms with van der Waals surface area (Å²) in [6.45, 7) is 4.24. The van der Waals surface area contributed by atoms with E-state index in [9.17, 15) is 5.11 Å². The number of phenols is 1. The normalized spacial score (nSPS) is 19.2. The Labute approximate surface area is 114 Å². The van der Waals surface area contributed by atoms with Crippen LogP contribution < -0.4 is 5.73 Å². The Morgan fingerprint density at radius 2 is 1.83 bits per heavy atom. The molecule has 0 amide bonds. The van der Waals surface area contributed by atoms with Crippen molar-refractivity contribution in [1.82, 2.24) is 0 Å². The number of phenolic OH excluding ortho intramolecular Hbond substituents is 1.